The Kier molecular flexibility index (Phi) is 4.24. The smallest absolute Gasteiger partial charge is 0.151 e. The highest BCUT2D eigenvalue weighted by Crippen LogP contribution is 2.35. The summed E-state index contributed by atoms with van der Waals surface area (Å²) in [5.74, 6) is 1.75. The number of aromatic nitrogens is 4. The molecule has 3 N–H and O–H groups in total. The second kappa shape index (κ2) is 6.91. The number of nitrogens with one attached hydrogen (secondary N) is 2. The molecule has 144 valence electrons. The molecule has 0 unspecified atom stereocenters. The Labute approximate surface area is 163 Å². The van der Waals surface area contributed by atoms with Crippen LogP contribution >= 0.6 is 0 Å². The van der Waals surface area contributed by atoms with Crippen LogP contribution in [0.25, 0.3) is 22.4 Å². The zero-order chi connectivity index (χ0) is 19.1. The molecule has 28 heavy (non-hydrogen) atoms. The van der Waals surface area contributed by atoms with Crippen molar-refractivity contribution < 1.29 is 5.11 Å². The summed E-state index contributed by atoms with van der Waals surface area (Å²) in [4.78, 5) is 2.27. The summed E-state index contributed by atoms with van der Waals surface area (Å²) in [6.45, 7) is 1.10. The van der Waals surface area contributed by atoms with Gasteiger partial charge in [0.2, 0.25) is 0 Å². The first kappa shape index (κ1) is 17.2. The Bertz CT molecular complexity index is 948. The minimum atomic E-state index is 0.185. The van der Waals surface area contributed by atoms with Crippen molar-refractivity contribution in [2.45, 2.75) is 31.3 Å². The van der Waals surface area contributed by atoms with Crippen molar-refractivity contribution in [2.75, 3.05) is 18.5 Å². The molecule has 0 radical (unpaired) electrons. The third kappa shape index (κ3) is 3.01. The summed E-state index contributed by atoms with van der Waals surface area (Å²) in [5.41, 5.74) is 3.18. The number of benzene rings is 1. The highest BCUT2D eigenvalue weighted by atomic mass is 16.3. The number of anilines is 1. The summed E-state index contributed by atoms with van der Waals surface area (Å²) < 4.78 is 0. The van der Waals surface area contributed by atoms with E-state index in [0.717, 1.165) is 23.5 Å². The maximum absolute atomic E-state index is 10.5. The van der Waals surface area contributed by atoms with Gasteiger partial charge in [-0.1, -0.05) is 6.07 Å². The van der Waals surface area contributed by atoms with Crippen LogP contribution in [0.2, 0.25) is 0 Å². The van der Waals surface area contributed by atoms with E-state index < -0.39 is 0 Å². The van der Waals surface area contributed by atoms with E-state index in [2.05, 4.69) is 37.7 Å². The molecule has 1 aliphatic carbocycles. The van der Waals surface area contributed by atoms with E-state index in [1.165, 1.54) is 19.3 Å². The fourth-order valence-corrected chi connectivity index (χ4v) is 4.59. The van der Waals surface area contributed by atoms with Crippen LogP contribution < -0.4 is 10.2 Å². The van der Waals surface area contributed by atoms with E-state index in [1.807, 2.05) is 24.3 Å². The number of nitrogens with zero attached hydrogens (tertiary/aromatic N) is 4. The third-order valence-electron chi connectivity index (χ3n) is 6.24. The first-order valence-electron chi connectivity index (χ1n) is 9.81. The first-order valence-corrected chi connectivity index (χ1v) is 9.81. The molecule has 3 atom stereocenters. The average molecular weight is 376 g/mol. The van der Waals surface area contributed by atoms with Gasteiger partial charge in [-0.3, -0.25) is 5.10 Å². The molecule has 2 aromatic heterocycles. The van der Waals surface area contributed by atoms with Crippen LogP contribution in [0.3, 0.4) is 0 Å². The van der Waals surface area contributed by atoms with Gasteiger partial charge in [-0.2, -0.15) is 5.10 Å². The van der Waals surface area contributed by atoms with E-state index in [9.17, 15) is 5.11 Å². The lowest BCUT2D eigenvalue weighted by Gasteiger charge is -2.47. The van der Waals surface area contributed by atoms with Crippen LogP contribution in [0.5, 0.6) is 5.75 Å². The normalized spacial score (nSPS) is 23.7. The van der Waals surface area contributed by atoms with Gasteiger partial charge in [0, 0.05) is 43.0 Å². The quantitative estimate of drug-likeness (QED) is 0.649. The first-order chi connectivity index (χ1) is 13.7. The lowest BCUT2D eigenvalue weighted by molar-refractivity contribution is 0.178. The van der Waals surface area contributed by atoms with Crippen molar-refractivity contribution in [2.24, 2.45) is 5.92 Å². The van der Waals surface area contributed by atoms with Gasteiger partial charge >= 0.3 is 0 Å². The molecule has 1 aromatic carbocycles. The SMILES string of the molecule is CN(c1ccc(-c2ccc(-c3cn[nH]c3)cc2O)nn1)[C@H]1C[C@@H]2CC[C@H]1CN2. The van der Waals surface area contributed by atoms with E-state index >= 15 is 0 Å². The monoisotopic (exact) mass is 376 g/mol. The van der Waals surface area contributed by atoms with E-state index in [-0.39, 0.29) is 5.75 Å². The molecule has 6 rings (SSSR count). The minimum Gasteiger partial charge on any atom is -0.507 e. The summed E-state index contributed by atoms with van der Waals surface area (Å²) in [7, 11) is 2.12. The lowest BCUT2D eigenvalue weighted by atomic mass is 9.77. The Morgan fingerprint density at radius 2 is 2.04 bits per heavy atom. The lowest BCUT2D eigenvalue weighted by Crippen LogP contribution is -2.56. The van der Waals surface area contributed by atoms with Gasteiger partial charge in [0.15, 0.2) is 5.82 Å². The van der Waals surface area contributed by atoms with E-state index in [0.29, 0.717) is 29.3 Å². The largest absolute Gasteiger partial charge is 0.507 e. The summed E-state index contributed by atoms with van der Waals surface area (Å²) in [6, 6.07) is 10.6. The number of phenolic OH excluding ortho intramolecular Hbond substituents is 1. The fraction of sp³-hybridized carbons (Fsp3) is 0.381. The van der Waals surface area contributed by atoms with Gasteiger partial charge in [-0.05, 0) is 55.0 Å². The highest BCUT2D eigenvalue weighted by molar-refractivity contribution is 5.73. The molecular formula is C21H24N6O. The molecule has 0 spiro atoms. The summed E-state index contributed by atoms with van der Waals surface area (Å²) in [6.07, 6.45) is 7.27. The fourth-order valence-electron chi connectivity index (χ4n) is 4.59. The Hall–Kier alpha value is -2.93. The Morgan fingerprint density at radius 1 is 1.11 bits per heavy atom. The number of H-pyrrole nitrogens is 1. The van der Waals surface area contributed by atoms with E-state index in [1.54, 1.807) is 18.5 Å². The molecular weight excluding hydrogens is 352 g/mol. The molecule has 2 bridgehead atoms. The standard InChI is InChI=1S/C21H24N6O/c1-27(19-9-16-4-2-14(19)10-22-16)21-7-6-18(25-26-21)17-5-3-13(8-20(17)28)15-11-23-24-12-15/h3,5-8,11-12,14,16,19,22,28H,2,4,9-10H2,1H3,(H,23,24)/t14-,16-,19-/m0/s1. The maximum Gasteiger partial charge on any atom is 0.151 e. The predicted molar refractivity (Wildman–Crippen MR) is 108 cm³/mol. The molecule has 3 aliphatic rings. The molecule has 7 heteroatoms. The number of aromatic hydroxyl groups is 1. The molecule has 3 aromatic rings. The third-order valence-corrected chi connectivity index (χ3v) is 6.24. The molecule has 4 heterocycles. The van der Waals surface area contributed by atoms with Crippen molar-refractivity contribution in [1.82, 2.24) is 25.7 Å². The number of phenols is 1. The van der Waals surface area contributed by atoms with Crippen LogP contribution in [-0.2, 0) is 0 Å². The number of fused-ring (bicyclic) bond motifs is 3. The second-order valence-electron chi connectivity index (χ2n) is 7.85. The van der Waals surface area contributed by atoms with Crippen LogP contribution in [0.4, 0.5) is 5.82 Å². The molecule has 1 saturated carbocycles. The van der Waals surface area contributed by atoms with Crippen molar-refractivity contribution in [3.63, 3.8) is 0 Å². The molecule has 7 nitrogen and oxygen atoms in total. The number of aromatic amines is 1. The molecule has 2 aliphatic heterocycles. The highest BCUT2D eigenvalue weighted by Gasteiger charge is 2.37. The summed E-state index contributed by atoms with van der Waals surface area (Å²) >= 11 is 0. The van der Waals surface area contributed by atoms with Gasteiger partial charge in [0.25, 0.3) is 0 Å². The molecule has 2 saturated heterocycles. The zero-order valence-electron chi connectivity index (χ0n) is 15.8. The number of piperidine rings is 2. The van der Waals surface area contributed by atoms with Gasteiger partial charge < -0.3 is 15.3 Å². The average Bonchev–Trinajstić information content (AvgIpc) is 3.29. The van der Waals surface area contributed by atoms with Gasteiger partial charge in [0.1, 0.15) is 5.75 Å². The number of hydrogen-bond acceptors (Lipinski definition) is 6. The number of rotatable bonds is 4. The van der Waals surface area contributed by atoms with Crippen LogP contribution in [0, 0.1) is 5.92 Å². The van der Waals surface area contributed by atoms with E-state index in [4.69, 9.17) is 0 Å². The topological polar surface area (TPSA) is 90.0 Å². The van der Waals surface area contributed by atoms with Crippen molar-refractivity contribution in [3.8, 4) is 28.1 Å². The van der Waals surface area contributed by atoms with Gasteiger partial charge in [-0.25, -0.2) is 0 Å². The predicted octanol–water partition coefficient (Wildman–Crippen LogP) is 2.82. The second-order valence-corrected chi connectivity index (χ2v) is 7.85. The van der Waals surface area contributed by atoms with Gasteiger partial charge in [-0.15, -0.1) is 10.2 Å². The van der Waals surface area contributed by atoms with Crippen LogP contribution in [-0.4, -0.2) is 51.2 Å². The van der Waals surface area contributed by atoms with Gasteiger partial charge in [0.05, 0.1) is 11.9 Å². The van der Waals surface area contributed by atoms with Crippen molar-refractivity contribution in [3.05, 3.63) is 42.7 Å². The Morgan fingerprint density at radius 3 is 2.64 bits per heavy atom. The van der Waals surface area contributed by atoms with Crippen LogP contribution in [0.15, 0.2) is 42.7 Å². The Balaban J connectivity index is 1.36. The summed E-state index contributed by atoms with van der Waals surface area (Å²) in [5, 5.41) is 29.7. The van der Waals surface area contributed by atoms with Crippen LogP contribution in [0.1, 0.15) is 19.3 Å². The maximum atomic E-state index is 10.5. The minimum absolute atomic E-state index is 0.185. The molecule has 0 amide bonds. The van der Waals surface area contributed by atoms with Crippen molar-refractivity contribution >= 4 is 5.82 Å². The zero-order valence-corrected chi connectivity index (χ0v) is 15.8. The van der Waals surface area contributed by atoms with Crippen molar-refractivity contribution in [1.29, 1.82) is 0 Å². The number of hydrogen-bond donors (Lipinski definition) is 3. The molecule has 3 fully saturated rings.